The lowest BCUT2D eigenvalue weighted by atomic mass is 9.87. The Balaban J connectivity index is 1.63. The van der Waals surface area contributed by atoms with E-state index in [9.17, 15) is 4.39 Å². The maximum absolute atomic E-state index is 12.5. The molecule has 0 saturated carbocycles. The van der Waals surface area contributed by atoms with Crippen LogP contribution in [0.3, 0.4) is 0 Å². The molecule has 1 fully saturated rings. The minimum absolute atomic E-state index is 0.169. The maximum atomic E-state index is 12.5. The van der Waals surface area contributed by atoms with Gasteiger partial charge in [0, 0.05) is 31.1 Å². The number of nitrogens with two attached hydrogens (primary N) is 1. The number of fused-ring (bicyclic) bond motifs is 1. The molecule has 2 aliphatic rings. The minimum atomic E-state index is -0.251. The lowest BCUT2D eigenvalue weighted by molar-refractivity contribution is 0.198. The van der Waals surface area contributed by atoms with Gasteiger partial charge in [-0.1, -0.05) is 43.4 Å². The Kier molecular flexibility index (Phi) is 10.3. The number of hydrogen-bond donors (Lipinski definition) is 1. The van der Waals surface area contributed by atoms with E-state index in [-0.39, 0.29) is 12.8 Å². The smallest absolute Gasteiger partial charge is 0.119 e. The maximum Gasteiger partial charge on any atom is 0.119 e. The third-order valence-electron chi connectivity index (χ3n) is 7.23. The summed E-state index contributed by atoms with van der Waals surface area (Å²) in [6.45, 7) is 6.76. The Hall–Kier alpha value is -2.50. The number of aryl methyl sites for hydroxylation is 1. The standard InChI is InChI=1S/C32H41FN2OS/c1-3-24(9-6-21-37-4-2)30-10-5-8-26-22-27(34)13-16-31(26)32(30)25-11-14-28(15-12-25)36-29-17-20-35(23-29)19-7-18-33/h3,6,9,11-16,22,29H,4-5,7-8,10,17-21,23,34H2,1-2H3/b9-6-,24-3+. The van der Waals surface area contributed by atoms with Gasteiger partial charge in [-0.2, -0.15) is 11.8 Å². The van der Waals surface area contributed by atoms with Crippen molar-refractivity contribution in [2.24, 2.45) is 0 Å². The minimum Gasteiger partial charge on any atom is -0.489 e. The number of anilines is 1. The first-order valence-corrected chi connectivity index (χ1v) is 14.9. The van der Waals surface area contributed by atoms with Crippen LogP contribution in [-0.2, 0) is 6.42 Å². The fraction of sp³-hybridized carbons (Fsp3) is 0.438. The predicted octanol–water partition coefficient (Wildman–Crippen LogP) is 7.48. The van der Waals surface area contributed by atoms with Crippen molar-refractivity contribution in [2.45, 2.75) is 52.1 Å². The van der Waals surface area contributed by atoms with Crippen molar-refractivity contribution in [1.82, 2.24) is 4.90 Å². The Morgan fingerprint density at radius 1 is 1.19 bits per heavy atom. The van der Waals surface area contributed by atoms with Gasteiger partial charge in [0.25, 0.3) is 0 Å². The zero-order chi connectivity index (χ0) is 26.0. The van der Waals surface area contributed by atoms with E-state index in [4.69, 9.17) is 10.5 Å². The molecular weight excluding hydrogens is 479 g/mol. The van der Waals surface area contributed by atoms with Gasteiger partial charge in [0.1, 0.15) is 11.9 Å². The highest BCUT2D eigenvalue weighted by Crippen LogP contribution is 2.39. The molecule has 1 heterocycles. The highest BCUT2D eigenvalue weighted by molar-refractivity contribution is 7.99. The van der Waals surface area contributed by atoms with Crippen molar-refractivity contribution >= 4 is 23.0 Å². The molecule has 1 aliphatic heterocycles. The zero-order valence-corrected chi connectivity index (χ0v) is 23.2. The molecule has 3 nitrogen and oxygen atoms in total. The fourth-order valence-corrected chi connectivity index (χ4v) is 5.90. The second-order valence-corrected chi connectivity index (χ2v) is 11.1. The lowest BCUT2D eigenvalue weighted by Gasteiger charge is -2.19. The van der Waals surface area contributed by atoms with Gasteiger partial charge in [0.05, 0.1) is 6.67 Å². The number of nitrogens with zero attached hydrogens (tertiary/aromatic N) is 1. The molecule has 0 spiro atoms. The number of likely N-dealkylation sites (tertiary alicyclic amines) is 1. The van der Waals surface area contributed by atoms with E-state index in [2.05, 4.69) is 73.4 Å². The van der Waals surface area contributed by atoms with Crippen LogP contribution in [0.4, 0.5) is 10.1 Å². The third kappa shape index (κ3) is 7.30. The summed E-state index contributed by atoms with van der Waals surface area (Å²) < 4.78 is 18.9. The van der Waals surface area contributed by atoms with E-state index < -0.39 is 0 Å². The van der Waals surface area contributed by atoms with E-state index in [1.165, 1.54) is 33.4 Å². The Bertz CT molecular complexity index is 1120. The predicted molar refractivity (Wildman–Crippen MR) is 158 cm³/mol. The first-order chi connectivity index (χ1) is 18.1. The van der Waals surface area contributed by atoms with Crippen molar-refractivity contribution in [3.8, 4) is 5.75 Å². The van der Waals surface area contributed by atoms with Crippen molar-refractivity contribution in [3.63, 3.8) is 0 Å². The molecule has 2 aromatic carbocycles. The normalized spacial score (nSPS) is 18.9. The second-order valence-electron chi connectivity index (χ2n) is 9.83. The summed E-state index contributed by atoms with van der Waals surface area (Å²) in [6, 6.07) is 15.0. The number of halogens is 1. The topological polar surface area (TPSA) is 38.5 Å². The number of hydrogen-bond acceptors (Lipinski definition) is 4. The Morgan fingerprint density at radius 3 is 2.78 bits per heavy atom. The summed E-state index contributed by atoms with van der Waals surface area (Å²) in [4.78, 5) is 2.30. The van der Waals surface area contributed by atoms with Crippen LogP contribution in [0.15, 0.2) is 71.8 Å². The number of allylic oxidation sites excluding steroid dienone is 4. The van der Waals surface area contributed by atoms with E-state index >= 15 is 0 Å². The Labute approximate surface area is 226 Å². The molecule has 1 atom stereocenters. The molecule has 0 amide bonds. The summed E-state index contributed by atoms with van der Waals surface area (Å²) in [6.07, 6.45) is 11.8. The average Bonchev–Trinajstić information content (AvgIpc) is 3.27. The number of alkyl halides is 1. The van der Waals surface area contributed by atoms with Crippen LogP contribution in [0.2, 0.25) is 0 Å². The van der Waals surface area contributed by atoms with E-state index in [0.717, 1.165) is 68.3 Å². The van der Waals surface area contributed by atoms with Crippen molar-refractivity contribution in [3.05, 3.63) is 88.5 Å². The number of rotatable bonds is 11. The van der Waals surface area contributed by atoms with E-state index in [1.807, 2.05) is 17.8 Å². The summed E-state index contributed by atoms with van der Waals surface area (Å²) in [7, 11) is 0. The fourth-order valence-electron chi connectivity index (χ4n) is 5.43. The Morgan fingerprint density at radius 2 is 2.03 bits per heavy atom. The molecule has 0 bridgehead atoms. The number of thioether (sulfide) groups is 1. The van der Waals surface area contributed by atoms with E-state index in [1.54, 1.807) is 0 Å². The van der Waals surface area contributed by atoms with Crippen LogP contribution in [0.1, 0.15) is 56.2 Å². The highest BCUT2D eigenvalue weighted by Gasteiger charge is 2.24. The van der Waals surface area contributed by atoms with Crippen LogP contribution in [0.5, 0.6) is 5.75 Å². The zero-order valence-electron chi connectivity index (χ0n) is 22.3. The molecule has 2 aromatic rings. The largest absolute Gasteiger partial charge is 0.489 e. The van der Waals surface area contributed by atoms with Crippen LogP contribution in [0, 0.1) is 0 Å². The summed E-state index contributed by atoms with van der Waals surface area (Å²) in [5, 5.41) is 0. The SMILES string of the molecule is C/C=C(\C=C/CSCC)C1=C(c2ccc(OC3CCN(CCCF)C3)cc2)c2ccc(N)cc2CCC1. The molecule has 1 saturated heterocycles. The summed E-state index contributed by atoms with van der Waals surface area (Å²) in [5.74, 6) is 3.06. The molecule has 2 N–H and O–H groups in total. The average molecular weight is 521 g/mol. The molecule has 5 heteroatoms. The van der Waals surface area contributed by atoms with Gasteiger partial charge in [-0.05, 0) is 102 Å². The lowest BCUT2D eigenvalue weighted by Crippen LogP contribution is -2.26. The van der Waals surface area contributed by atoms with Crippen LogP contribution < -0.4 is 10.5 Å². The first-order valence-electron chi connectivity index (χ1n) is 13.7. The second kappa shape index (κ2) is 13.9. The summed E-state index contributed by atoms with van der Waals surface area (Å²) in [5.41, 5.74) is 14.8. The molecule has 37 heavy (non-hydrogen) atoms. The van der Waals surface area contributed by atoms with Gasteiger partial charge in [0.15, 0.2) is 0 Å². The van der Waals surface area contributed by atoms with Gasteiger partial charge < -0.3 is 10.5 Å². The van der Waals surface area contributed by atoms with Gasteiger partial charge in [0.2, 0.25) is 0 Å². The molecule has 198 valence electrons. The van der Waals surface area contributed by atoms with Gasteiger partial charge >= 0.3 is 0 Å². The monoisotopic (exact) mass is 520 g/mol. The van der Waals surface area contributed by atoms with Gasteiger partial charge in [-0.25, -0.2) is 0 Å². The van der Waals surface area contributed by atoms with Crippen LogP contribution in [0.25, 0.3) is 5.57 Å². The van der Waals surface area contributed by atoms with Gasteiger partial charge in [-0.3, -0.25) is 9.29 Å². The molecule has 4 rings (SSSR count). The first kappa shape index (κ1) is 27.5. The number of ether oxygens (including phenoxy) is 1. The molecule has 1 aliphatic carbocycles. The third-order valence-corrected chi connectivity index (χ3v) is 8.07. The van der Waals surface area contributed by atoms with Gasteiger partial charge in [-0.15, -0.1) is 0 Å². The van der Waals surface area contributed by atoms with E-state index in [0.29, 0.717) is 6.42 Å². The van der Waals surface area contributed by atoms with Crippen molar-refractivity contribution in [2.75, 3.05) is 43.5 Å². The summed E-state index contributed by atoms with van der Waals surface area (Å²) >= 11 is 1.94. The number of nitrogen functional groups attached to an aromatic ring is 1. The van der Waals surface area contributed by atoms with Crippen molar-refractivity contribution in [1.29, 1.82) is 0 Å². The quantitative estimate of drug-likeness (QED) is 0.189. The highest BCUT2D eigenvalue weighted by atomic mass is 32.2. The van der Waals surface area contributed by atoms with Crippen LogP contribution >= 0.6 is 11.8 Å². The van der Waals surface area contributed by atoms with Crippen molar-refractivity contribution < 1.29 is 9.13 Å². The molecule has 0 aromatic heterocycles. The molecular formula is C32H41FN2OS. The molecule has 0 radical (unpaired) electrons. The number of benzene rings is 2. The molecule has 1 unspecified atom stereocenters. The van der Waals surface area contributed by atoms with Crippen LogP contribution in [-0.4, -0.2) is 48.8 Å².